The Balaban J connectivity index is 2.53. The van der Waals surface area contributed by atoms with Crippen molar-refractivity contribution >= 4 is 0 Å². The van der Waals surface area contributed by atoms with Gasteiger partial charge >= 0.3 is 0 Å². The number of likely N-dealkylation sites (N-methyl/N-ethyl adjacent to an activating group) is 1. The zero-order valence-corrected chi connectivity index (χ0v) is 13.5. The van der Waals surface area contributed by atoms with Crippen LogP contribution in [0.15, 0.2) is 0 Å². The number of hydrogen-bond donors (Lipinski definition) is 1. The van der Waals surface area contributed by atoms with Crippen molar-refractivity contribution in [3.63, 3.8) is 0 Å². The van der Waals surface area contributed by atoms with E-state index in [0.29, 0.717) is 6.04 Å². The molecule has 1 rings (SSSR count). The Morgan fingerprint density at radius 1 is 1.26 bits per heavy atom. The SMILES string of the molecule is Cc1nn(CCN(C)C)c(C)c1CCCNC(C)C. The average molecular weight is 266 g/mol. The van der Waals surface area contributed by atoms with E-state index in [1.54, 1.807) is 0 Å². The molecule has 1 heterocycles. The first kappa shape index (κ1) is 16.2. The van der Waals surface area contributed by atoms with E-state index in [1.807, 2.05) is 0 Å². The van der Waals surface area contributed by atoms with Crippen molar-refractivity contribution in [2.75, 3.05) is 27.2 Å². The minimum Gasteiger partial charge on any atom is -0.315 e. The average Bonchev–Trinajstić information content (AvgIpc) is 2.58. The van der Waals surface area contributed by atoms with Gasteiger partial charge < -0.3 is 10.2 Å². The Bertz CT molecular complexity index is 380. The topological polar surface area (TPSA) is 33.1 Å². The third-order valence-corrected chi connectivity index (χ3v) is 3.45. The van der Waals surface area contributed by atoms with Crippen molar-refractivity contribution in [3.05, 3.63) is 17.0 Å². The van der Waals surface area contributed by atoms with Crippen molar-refractivity contribution in [1.82, 2.24) is 20.0 Å². The second-order valence-corrected chi connectivity index (χ2v) is 5.89. The summed E-state index contributed by atoms with van der Waals surface area (Å²) in [6.45, 7) is 11.8. The normalized spacial score (nSPS) is 11.8. The van der Waals surface area contributed by atoms with Gasteiger partial charge in [0, 0.05) is 18.3 Å². The minimum atomic E-state index is 0.574. The molecule has 0 unspecified atom stereocenters. The van der Waals surface area contributed by atoms with Gasteiger partial charge in [-0.1, -0.05) is 13.8 Å². The third-order valence-electron chi connectivity index (χ3n) is 3.45. The summed E-state index contributed by atoms with van der Waals surface area (Å²) in [4.78, 5) is 2.20. The van der Waals surface area contributed by atoms with Gasteiger partial charge in [0.25, 0.3) is 0 Å². The van der Waals surface area contributed by atoms with Crippen LogP contribution in [0.2, 0.25) is 0 Å². The van der Waals surface area contributed by atoms with Gasteiger partial charge in [0.05, 0.1) is 12.2 Å². The molecule has 0 spiro atoms. The first-order chi connectivity index (χ1) is 8.91. The Morgan fingerprint density at radius 2 is 1.95 bits per heavy atom. The molecular formula is C15H30N4. The molecule has 0 amide bonds. The molecule has 0 saturated carbocycles. The summed E-state index contributed by atoms with van der Waals surface area (Å²) in [5, 5.41) is 8.13. The Hall–Kier alpha value is -0.870. The van der Waals surface area contributed by atoms with Crippen LogP contribution in [0, 0.1) is 13.8 Å². The van der Waals surface area contributed by atoms with Gasteiger partial charge in [0.1, 0.15) is 0 Å². The molecule has 19 heavy (non-hydrogen) atoms. The summed E-state index contributed by atoms with van der Waals surface area (Å²) in [5.74, 6) is 0. The maximum Gasteiger partial charge on any atom is 0.0628 e. The van der Waals surface area contributed by atoms with Gasteiger partial charge in [-0.05, 0) is 52.9 Å². The van der Waals surface area contributed by atoms with Crippen LogP contribution in [0.5, 0.6) is 0 Å². The van der Waals surface area contributed by atoms with Gasteiger partial charge in [-0.25, -0.2) is 0 Å². The number of aryl methyl sites for hydroxylation is 1. The zero-order chi connectivity index (χ0) is 14.4. The van der Waals surface area contributed by atoms with Crippen LogP contribution in [-0.4, -0.2) is 47.9 Å². The quantitative estimate of drug-likeness (QED) is 0.731. The molecule has 0 atom stereocenters. The molecule has 1 aromatic heterocycles. The summed E-state index contributed by atoms with van der Waals surface area (Å²) in [6.07, 6.45) is 2.30. The second-order valence-electron chi connectivity index (χ2n) is 5.89. The van der Waals surface area contributed by atoms with E-state index in [0.717, 1.165) is 26.1 Å². The van der Waals surface area contributed by atoms with Gasteiger partial charge in [0.2, 0.25) is 0 Å². The van der Waals surface area contributed by atoms with Gasteiger partial charge in [0.15, 0.2) is 0 Å². The minimum absolute atomic E-state index is 0.574. The van der Waals surface area contributed by atoms with Crippen molar-refractivity contribution in [2.45, 2.75) is 53.1 Å². The monoisotopic (exact) mass is 266 g/mol. The van der Waals surface area contributed by atoms with E-state index in [1.165, 1.54) is 23.4 Å². The van der Waals surface area contributed by atoms with Gasteiger partial charge in [-0.2, -0.15) is 5.10 Å². The first-order valence-electron chi connectivity index (χ1n) is 7.32. The van der Waals surface area contributed by atoms with Crippen LogP contribution < -0.4 is 5.32 Å². The molecule has 4 heteroatoms. The van der Waals surface area contributed by atoms with Crippen LogP contribution in [0.4, 0.5) is 0 Å². The van der Waals surface area contributed by atoms with Crippen LogP contribution in [0.25, 0.3) is 0 Å². The van der Waals surface area contributed by atoms with Gasteiger partial charge in [-0.15, -0.1) is 0 Å². The summed E-state index contributed by atoms with van der Waals surface area (Å²) >= 11 is 0. The predicted molar refractivity (Wildman–Crippen MR) is 81.7 cm³/mol. The van der Waals surface area contributed by atoms with Crippen LogP contribution >= 0.6 is 0 Å². The lowest BCUT2D eigenvalue weighted by atomic mass is 10.1. The second kappa shape index (κ2) is 7.65. The van der Waals surface area contributed by atoms with Crippen molar-refractivity contribution in [3.8, 4) is 0 Å². The van der Waals surface area contributed by atoms with Crippen LogP contribution in [0.1, 0.15) is 37.2 Å². The molecule has 0 aliphatic carbocycles. The number of rotatable bonds is 8. The Morgan fingerprint density at radius 3 is 2.53 bits per heavy atom. The molecule has 0 radical (unpaired) electrons. The molecule has 0 aromatic carbocycles. The molecule has 0 saturated heterocycles. The van der Waals surface area contributed by atoms with Crippen molar-refractivity contribution in [1.29, 1.82) is 0 Å². The summed E-state index contributed by atoms with van der Waals surface area (Å²) < 4.78 is 2.15. The van der Waals surface area contributed by atoms with Crippen LogP contribution in [0.3, 0.4) is 0 Å². The number of nitrogens with zero attached hydrogens (tertiary/aromatic N) is 3. The van der Waals surface area contributed by atoms with Crippen molar-refractivity contribution < 1.29 is 0 Å². The third kappa shape index (κ3) is 5.33. The smallest absolute Gasteiger partial charge is 0.0628 e. The lowest BCUT2D eigenvalue weighted by molar-refractivity contribution is 0.370. The highest BCUT2D eigenvalue weighted by molar-refractivity contribution is 5.24. The first-order valence-corrected chi connectivity index (χ1v) is 7.32. The molecule has 0 aliphatic heterocycles. The fraction of sp³-hybridized carbons (Fsp3) is 0.800. The number of aromatic nitrogens is 2. The van der Waals surface area contributed by atoms with Crippen LogP contribution in [-0.2, 0) is 13.0 Å². The molecule has 110 valence electrons. The molecule has 0 bridgehead atoms. The highest BCUT2D eigenvalue weighted by Crippen LogP contribution is 2.15. The fourth-order valence-corrected chi connectivity index (χ4v) is 2.26. The van der Waals surface area contributed by atoms with E-state index in [2.05, 4.69) is 61.8 Å². The maximum absolute atomic E-state index is 4.67. The molecule has 1 N–H and O–H groups in total. The van der Waals surface area contributed by atoms with E-state index >= 15 is 0 Å². The fourth-order valence-electron chi connectivity index (χ4n) is 2.26. The van der Waals surface area contributed by atoms with E-state index in [9.17, 15) is 0 Å². The number of hydrogen-bond acceptors (Lipinski definition) is 3. The molecule has 1 aromatic rings. The molecule has 4 nitrogen and oxygen atoms in total. The standard InChI is InChI=1S/C15H30N4/c1-12(2)16-9-7-8-15-13(3)17-19(14(15)4)11-10-18(5)6/h12,16H,7-11H2,1-6H3. The zero-order valence-electron chi connectivity index (χ0n) is 13.5. The summed E-state index contributed by atoms with van der Waals surface area (Å²) in [7, 11) is 4.20. The van der Waals surface area contributed by atoms with E-state index in [-0.39, 0.29) is 0 Å². The lowest BCUT2D eigenvalue weighted by Crippen LogP contribution is -2.24. The lowest BCUT2D eigenvalue weighted by Gasteiger charge is -2.11. The Kier molecular flexibility index (Phi) is 6.52. The molecule has 0 aliphatic rings. The summed E-state index contributed by atoms with van der Waals surface area (Å²) in [5.41, 5.74) is 3.97. The number of nitrogens with one attached hydrogen (secondary N) is 1. The highest BCUT2D eigenvalue weighted by atomic mass is 15.3. The van der Waals surface area contributed by atoms with Gasteiger partial charge in [-0.3, -0.25) is 4.68 Å². The predicted octanol–water partition coefficient (Wildman–Crippen LogP) is 1.99. The largest absolute Gasteiger partial charge is 0.315 e. The van der Waals surface area contributed by atoms with Crippen molar-refractivity contribution in [2.24, 2.45) is 0 Å². The van der Waals surface area contributed by atoms with E-state index < -0.39 is 0 Å². The molecular weight excluding hydrogens is 236 g/mol. The summed E-state index contributed by atoms with van der Waals surface area (Å²) in [6, 6.07) is 0.574. The maximum atomic E-state index is 4.67. The highest BCUT2D eigenvalue weighted by Gasteiger charge is 2.11. The van der Waals surface area contributed by atoms with E-state index in [4.69, 9.17) is 0 Å². The Labute approximate surface area is 118 Å². The molecule has 0 fully saturated rings.